The Kier molecular flexibility index (Phi) is 10.7. The third-order valence-corrected chi connectivity index (χ3v) is 4.37. The van der Waals surface area contributed by atoms with Crippen LogP contribution in [0.5, 0.6) is 5.75 Å². The molecule has 0 bridgehead atoms. The lowest BCUT2D eigenvalue weighted by atomic mass is 10.2. The zero-order valence-corrected chi connectivity index (χ0v) is 18.1. The molecule has 0 fully saturated rings. The highest BCUT2D eigenvalue weighted by Crippen LogP contribution is 2.16. The number of esters is 1. The Morgan fingerprint density at radius 3 is 2.50 bits per heavy atom. The third-order valence-electron chi connectivity index (χ3n) is 4.37. The van der Waals surface area contributed by atoms with Crippen LogP contribution >= 0.6 is 0 Å². The van der Waals surface area contributed by atoms with Crippen molar-refractivity contribution in [1.82, 2.24) is 15.6 Å². The molecule has 172 valence electrons. The summed E-state index contributed by atoms with van der Waals surface area (Å²) >= 11 is 0. The number of carbonyl (C=O) groups excluding carboxylic acids is 3. The quantitative estimate of drug-likeness (QED) is 0.320. The van der Waals surface area contributed by atoms with E-state index in [0.29, 0.717) is 26.2 Å². The Hall–Kier alpha value is -3.46. The number of unbranched alkanes of at least 4 members (excludes halogenated alkanes) is 1. The van der Waals surface area contributed by atoms with E-state index < -0.39 is 23.5 Å². The fourth-order valence-electron chi connectivity index (χ4n) is 2.60. The number of rotatable bonds is 13. The third kappa shape index (κ3) is 8.73. The summed E-state index contributed by atoms with van der Waals surface area (Å²) in [6, 6.07) is 10.3. The van der Waals surface area contributed by atoms with Gasteiger partial charge in [-0.3, -0.25) is 14.4 Å². The van der Waals surface area contributed by atoms with Gasteiger partial charge in [0.1, 0.15) is 18.9 Å². The van der Waals surface area contributed by atoms with Crippen molar-refractivity contribution in [3.8, 4) is 5.75 Å². The molecule has 0 saturated carbocycles. The van der Waals surface area contributed by atoms with Gasteiger partial charge in [0.25, 0.3) is 11.8 Å². The zero-order chi connectivity index (χ0) is 23.2. The van der Waals surface area contributed by atoms with Crippen molar-refractivity contribution in [2.24, 2.45) is 0 Å². The van der Waals surface area contributed by atoms with Crippen LogP contribution in [0.4, 0.5) is 0 Å². The first kappa shape index (κ1) is 24.8. The summed E-state index contributed by atoms with van der Waals surface area (Å²) in [5.41, 5.74) is 0.652. The molecule has 1 aromatic heterocycles. The van der Waals surface area contributed by atoms with Gasteiger partial charge in [-0.1, -0.05) is 43.7 Å². The molecule has 9 nitrogen and oxygen atoms in total. The van der Waals surface area contributed by atoms with Gasteiger partial charge in [-0.05, 0) is 24.5 Å². The van der Waals surface area contributed by atoms with Gasteiger partial charge in [-0.15, -0.1) is 0 Å². The first-order valence-electron chi connectivity index (χ1n) is 10.5. The second-order valence-electron chi connectivity index (χ2n) is 7.00. The van der Waals surface area contributed by atoms with Crippen LogP contribution in [0.1, 0.15) is 52.6 Å². The van der Waals surface area contributed by atoms with Gasteiger partial charge in [0, 0.05) is 26.0 Å². The lowest BCUT2D eigenvalue weighted by Gasteiger charge is -2.09. The minimum absolute atomic E-state index is 0.0910. The SMILES string of the molecule is CCCCOCCCNC(=O)c1cnc(C(=O)NCC(=O)OCc2ccccc2)c(O)c1. The molecule has 0 unspecified atom stereocenters. The van der Waals surface area contributed by atoms with Gasteiger partial charge >= 0.3 is 5.97 Å². The summed E-state index contributed by atoms with van der Waals surface area (Å²) in [6.07, 6.45) is 3.93. The van der Waals surface area contributed by atoms with E-state index >= 15 is 0 Å². The molecule has 2 amide bonds. The Bertz CT molecular complexity index is 889. The molecule has 9 heteroatoms. The van der Waals surface area contributed by atoms with Gasteiger partial charge in [-0.25, -0.2) is 4.98 Å². The van der Waals surface area contributed by atoms with Crippen molar-refractivity contribution in [2.45, 2.75) is 32.8 Å². The predicted octanol–water partition coefficient (Wildman–Crippen LogP) is 2.20. The van der Waals surface area contributed by atoms with Crippen molar-refractivity contribution in [3.63, 3.8) is 0 Å². The first-order valence-corrected chi connectivity index (χ1v) is 10.5. The number of carbonyl (C=O) groups is 3. The maximum Gasteiger partial charge on any atom is 0.325 e. The molecule has 0 atom stereocenters. The van der Waals surface area contributed by atoms with E-state index in [9.17, 15) is 19.5 Å². The van der Waals surface area contributed by atoms with Crippen LogP contribution in [0.3, 0.4) is 0 Å². The summed E-state index contributed by atoms with van der Waals surface area (Å²) in [7, 11) is 0. The minimum Gasteiger partial charge on any atom is -0.505 e. The Morgan fingerprint density at radius 1 is 1.03 bits per heavy atom. The molecule has 0 saturated heterocycles. The van der Waals surface area contributed by atoms with Crippen LogP contribution in [0.15, 0.2) is 42.6 Å². The maximum atomic E-state index is 12.2. The summed E-state index contributed by atoms with van der Waals surface area (Å²) in [6.45, 7) is 3.47. The van der Waals surface area contributed by atoms with Crippen LogP contribution < -0.4 is 10.6 Å². The molecule has 0 spiro atoms. The second-order valence-corrected chi connectivity index (χ2v) is 7.00. The molecular weight excluding hydrogens is 414 g/mol. The Labute approximate surface area is 187 Å². The molecule has 32 heavy (non-hydrogen) atoms. The average Bonchev–Trinajstić information content (AvgIpc) is 2.81. The lowest BCUT2D eigenvalue weighted by molar-refractivity contribution is -0.143. The molecular formula is C23H29N3O6. The summed E-state index contributed by atoms with van der Waals surface area (Å²) in [5.74, 6) is -2.26. The largest absolute Gasteiger partial charge is 0.505 e. The van der Waals surface area contributed by atoms with Crippen LogP contribution in [0.25, 0.3) is 0 Å². The monoisotopic (exact) mass is 443 g/mol. The van der Waals surface area contributed by atoms with Crippen molar-refractivity contribution >= 4 is 17.8 Å². The number of hydrogen-bond acceptors (Lipinski definition) is 7. The number of ether oxygens (including phenoxy) is 2. The first-order chi connectivity index (χ1) is 15.5. The van der Waals surface area contributed by atoms with Gasteiger partial charge in [0.15, 0.2) is 5.69 Å². The lowest BCUT2D eigenvalue weighted by Crippen LogP contribution is -2.31. The van der Waals surface area contributed by atoms with E-state index in [1.165, 1.54) is 6.20 Å². The van der Waals surface area contributed by atoms with E-state index in [1.54, 1.807) is 0 Å². The predicted molar refractivity (Wildman–Crippen MR) is 117 cm³/mol. The summed E-state index contributed by atoms with van der Waals surface area (Å²) in [4.78, 5) is 40.0. The highest BCUT2D eigenvalue weighted by molar-refractivity contribution is 5.99. The van der Waals surface area contributed by atoms with Gasteiger partial charge in [-0.2, -0.15) is 0 Å². The fraction of sp³-hybridized carbons (Fsp3) is 0.391. The molecule has 0 aliphatic rings. The number of nitrogens with zero attached hydrogens (tertiary/aromatic N) is 1. The fourth-order valence-corrected chi connectivity index (χ4v) is 2.60. The number of aromatic hydroxyl groups is 1. The number of pyridine rings is 1. The number of hydrogen-bond donors (Lipinski definition) is 3. The highest BCUT2D eigenvalue weighted by atomic mass is 16.5. The smallest absolute Gasteiger partial charge is 0.325 e. The highest BCUT2D eigenvalue weighted by Gasteiger charge is 2.17. The van der Waals surface area contributed by atoms with E-state index in [-0.39, 0.29) is 24.4 Å². The van der Waals surface area contributed by atoms with Crippen LogP contribution in [-0.2, 0) is 20.9 Å². The van der Waals surface area contributed by atoms with Crippen LogP contribution in [0.2, 0.25) is 0 Å². The van der Waals surface area contributed by atoms with Gasteiger partial charge < -0.3 is 25.2 Å². The second kappa shape index (κ2) is 13.8. The van der Waals surface area contributed by atoms with E-state index in [0.717, 1.165) is 24.5 Å². The van der Waals surface area contributed by atoms with E-state index in [2.05, 4.69) is 22.5 Å². The van der Waals surface area contributed by atoms with Crippen LogP contribution in [-0.4, -0.2) is 54.2 Å². The molecule has 1 aromatic carbocycles. The van der Waals surface area contributed by atoms with Gasteiger partial charge in [0.05, 0.1) is 5.56 Å². The molecule has 1 heterocycles. The summed E-state index contributed by atoms with van der Waals surface area (Å²) in [5, 5.41) is 15.1. The minimum atomic E-state index is -0.754. The normalized spacial score (nSPS) is 10.4. The molecule has 0 aliphatic heterocycles. The number of amides is 2. The standard InChI is InChI=1S/C23H29N3O6/c1-2-3-11-31-12-7-10-24-22(29)18-13-19(27)21(25-14-18)23(30)26-15-20(28)32-16-17-8-5-4-6-9-17/h4-6,8-9,13-14,27H,2-3,7,10-12,15-16H2,1H3,(H,24,29)(H,26,30). The molecule has 2 aromatic rings. The Morgan fingerprint density at radius 2 is 1.78 bits per heavy atom. The topological polar surface area (TPSA) is 127 Å². The van der Waals surface area contributed by atoms with Crippen molar-refractivity contribution < 1.29 is 29.0 Å². The van der Waals surface area contributed by atoms with Crippen LogP contribution in [0, 0.1) is 0 Å². The average molecular weight is 444 g/mol. The van der Waals surface area contributed by atoms with Crippen molar-refractivity contribution in [1.29, 1.82) is 0 Å². The van der Waals surface area contributed by atoms with E-state index in [4.69, 9.17) is 9.47 Å². The number of nitrogens with one attached hydrogen (secondary N) is 2. The maximum absolute atomic E-state index is 12.2. The number of benzene rings is 1. The van der Waals surface area contributed by atoms with Crippen molar-refractivity contribution in [3.05, 3.63) is 59.4 Å². The van der Waals surface area contributed by atoms with Crippen molar-refractivity contribution in [2.75, 3.05) is 26.3 Å². The van der Waals surface area contributed by atoms with E-state index in [1.807, 2.05) is 30.3 Å². The molecule has 2 rings (SSSR count). The molecule has 0 aliphatic carbocycles. The Balaban J connectivity index is 1.74. The van der Waals surface area contributed by atoms with Gasteiger partial charge in [0.2, 0.25) is 0 Å². The molecule has 3 N–H and O–H groups in total. The number of aromatic nitrogens is 1. The zero-order valence-electron chi connectivity index (χ0n) is 18.1. The summed E-state index contributed by atoms with van der Waals surface area (Å²) < 4.78 is 10.5. The molecule has 0 radical (unpaired) electrons.